The highest BCUT2D eigenvalue weighted by Crippen LogP contribution is 2.32. The van der Waals surface area contributed by atoms with Crippen LogP contribution in [0.5, 0.6) is 0 Å². The number of aromatic amines is 1. The highest BCUT2D eigenvalue weighted by Gasteiger charge is 2.24. The van der Waals surface area contributed by atoms with E-state index in [-0.39, 0.29) is 17.2 Å². The standard InChI is InChI=1S/C24H21NO5/c1-12-17-10-9-16-7-5-6-8-18(16)23(17)30-22(12)24(28)29-11-19(27)21-13(2)20(15(4)26)14(3)25-21/h5-10,25H,11H2,1-4H3. The molecule has 0 saturated carbocycles. The Balaban J connectivity index is 1.59. The van der Waals surface area contributed by atoms with Crippen molar-refractivity contribution in [3.63, 3.8) is 0 Å². The molecule has 2 heterocycles. The van der Waals surface area contributed by atoms with Crippen molar-refractivity contribution in [2.75, 3.05) is 6.61 Å². The predicted molar refractivity (Wildman–Crippen MR) is 113 cm³/mol. The normalized spacial score (nSPS) is 11.2. The van der Waals surface area contributed by atoms with Gasteiger partial charge in [0.1, 0.15) is 5.58 Å². The predicted octanol–water partition coefficient (Wildman–Crippen LogP) is 5.08. The Bertz CT molecular complexity index is 1340. The van der Waals surface area contributed by atoms with Crippen molar-refractivity contribution < 1.29 is 23.5 Å². The van der Waals surface area contributed by atoms with Gasteiger partial charge in [0, 0.05) is 27.6 Å². The van der Waals surface area contributed by atoms with E-state index < -0.39 is 18.4 Å². The van der Waals surface area contributed by atoms with Gasteiger partial charge in [0.05, 0.1) is 5.69 Å². The van der Waals surface area contributed by atoms with Crippen LogP contribution in [0.1, 0.15) is 55.1 Å². The molecular formula is C24H21NO5. The fourth-order valence-electron chi connectivity index (χ4n) is 3.97. The first kappa shape index (κ1) is 19.6. The number of hydrogen-bond acceptors (Lipinski definition) is 5. The van der Waals surface area contributed by atoms with E-state index in [0.717, 1.165) is 16.2 Å². The molecule has 152 valence electrons. The van der Waals surface area contributed by atoms with E-state index in [1.54, 1.807) is 20.8 Å². The summed E-state index contributed by atoms with van der Waals surface area (Å²) < 4.78 is 11.1. The van der Waals surface area contributed by atoms with E-state index in [2.05, 4.69) is 4.98 Å². The molecule has 0 bridgehead atoms. The van der Waals surface area contributed by atoms with Gasteiger partial charge in [0.2, 0.25) is 11.5 Å². The highest BCUT2D eigenvalue weighted by atomic mass is 16.5. The Kier molecular flexibility index (Phi) is 4.78. The molecule has 0 atom stereocenters. The molecule has 0 spiro atoms. The van der Waals surface area contributed by atoms with E-state index in [4.69, 9.17) is 9.15 Å². The third-order valence-corrected chi connectivity index (χ3v) is 5.42. The first-order valence-corrected chi connectivity index (χ1v) is 9.61. The van der Waals surface area contributed by atoms with Gasteiger partial charge in [-0.2, -0.15) is 0 Å². The van der Waals surface area contributed by atoms with Gasteiger partial charge in [-0.1, -0.05) is 36.4 Å². The van der Waals surface area contributed by atoms with Crippen LogP contribution in [0, 0.1) is 20.8 Å². The summed E-state index contributed by atoms with van der Waals surface area (Å²) in [4.78, 5) is 39.9. The van der Waals surface area contributed by atoms with Gasteiger partial charge in [-0.15, -0.1) is 0 Å². The number of carbonyl (C=O) groups is 3. The lowest BCUT2D eigenvalue weighted by Crippen LogP contribution is -2.15. The third kappa shape index (κ3) is 3.10. The van der Waals surface area contributed by atoms with Gasteiger partial charge in [-0.3, -0.25) is 9.59 Å². The number of hydrogen-bond donors (Lipinski definition) is 1. The molecule has 2 aromatic heterocycles. The number of aromatic nitrogens is 1. The van der Waals surface area contributed by atoms with Crippen LogP contribution in [0.25, 0.3) is 21.7 Å². The number of H-pyrrole nitrogens is 1. The van der Waals surface area contributed by atoms with Crippen LogP contribution in [-0.4, -0.2) is 29.1 Å². The second-order valence-corrected chi connectivity index (χ2v) is 7.40. The molecule has 6 nitrogen and oxygen atoms in total. The van der Waals surface area contributed by atoms with Crippen molar-refractivity contribution in [2.45, 2.75) is 27.7 Å². The second-order valence-electron chi connectivity index (χ2n) is 7.40. The summed E-state index contributed by atoms with van der Waals surface area (Å²) >= 11 is 0. The topological polar surface area (TPSA) is 89.4 Å². The number of carbonyl (C=O) groups excluding carboxylic acids is 3. The molecule has 1 N–H and O–H groups in total. The maximum absolute atomic E-state index is 12.6. The van der Waals surface area contributed by atoms with E-state index >= 15 is 0 Å². The number of nitrogens with one attached hydrogen (secondary N) is 1. The van der Waals surface area contributed by atoms with Crippen LogP contribution in [0.2, 0.25) is 0 Å². The van der Waals surface area contributed by atoms with Crippen molar-refractivity contribution in [1.82, 2.24) is 4.98 Å². The Hall–Kier alpha value is -3.67. The van der Waals surface area contributed by atoms with Crippen LogP contribution >= 0.6 is 0 Å². The number of furan rings is 1. The summed E-state index contributed by atoms with van der Waals surface area (Å²) in [6, 6.07) is 11.6. The van der Waals surface area contributed by atoms with Crippen LogP contribution in [0.15, 0.2) is 40.8 Å². The minimum absolute atomic E-state index is 0.0815. The zero-order valence-corrected chi connectivity index (χ0v) is 17.2. The SMILES string of the molecule is CC(=O)c1c(C)[nH]c(C(=O)COC(=O)c2oc3c(ccc4ccccc43)c2C)c1C. The lowest BCUT2D eigenvalue weighted by molar-refractivity contribution is 0.0444. The Morgan fingerprint density at radius 1 is 0.967 bits per heavy atom. The van der Waals surface area contributed by atoms with Gasteiger partial charge in [-0.05, 0) is 38.6 Å². The molecule has 4 aromatic rings. The van der Waals surface area contributed by atoms with Crippen molar-refractivity contribution in [1.29, 1.82) is 0 Å². The van der Waals surface area contributed by atoms with Crippen LogP contribution in [-0.2, 0) is 4.74 Å². The second kappa shape index (κ2) is 7.30. The number of ether oxygens (including phenoxy) is 1. The molecule has 0 radical (unpaired) electrons. The summed E-state index contributed by atoms with van der Waals surface area (Å²) in [7, 11) is 0. The summed E-state index contributed by atoms with van der Waals surface area (Å²) in [6.07, 6.45) is 0. The van der Waals surface area contributed by atoms with Crippen LogP contribution in [0.4, 0.5) is 0 Å². The van der Waals surface area contributed by atoms with Gasteiger partial charge < -0.3 is 14.1 Å². The first-order valence-electron chi connectivity index (χ1n) is 9.61. The third-order valence-electron chi connectivity index (χ3n) is 5.42. The number of rotatable bonds is 5. The van der Waals surface area contributed by atoms with Gasteiger partial charge in [-0.25, -0.2) is 4.79 Å². The lowest BCUT2D eigenvalue weighted by atomic mass is 10.1. The lowest BCUT2D eigenvalue weighted by Gasteiger charge is -2.03. The van der Waals surface area contributed by atoms with E-state index in [1.165, 1.54) is 6.92 Å². The van der Waals surface area contributed by atoms with Crippen molar-refractivity contribution in [2.24, 2.45) is 0 Å². The molecule has 30 heavy (non-hydrogen) atoms. The maximum atomic E-state index is 12.6. The molecule has 2 aromatic carbocycles. The van der Waals surface area contributed by atoms with Crippen LogP contribution < -0.4 is 0 Å². The average Bonchev–Trinajstić information content (AvgIpc) is 3.22. The van der Waals surface area contributed by atoms with E-state index in [9.17, 15) is 14.4 Å². The maximum Gasteiger partial charge on any atom is 0.375 e. The zero-order chi connectivity index (χ0) is 21.6. The number of fused-ring (bicyclic) bond motifs is 3. The van der Waals surface area contributed by atoms with Crippen LogP contribution in [0.3, 0.4) is 0 Å². The summed E-state index contributed by atoms with van der Waals surface area (Å²) in [5.41, 5.74) is 3.23. The quantitative estimate of drug-likeness (QED) is 0.371. The van der Waals surface area contributed by atoms with Crippen molar-refractivity contribution in [3.8, 4) is 0 Å². The number of esters is 1. The van der Waals surface area contributed by atoms with Crippen molar-refractivity contribution >= 4 is 39.3 Å². The monoisotopic (exact) mass is 403 g/mol. The van der Waals surface area contributed by atoms with Gasteiger partial charge in [0.15, 0.2) is 12.4 Å². The first-order chi connectivity index (χ1) is 14.3. The minimum Gasteiger partial charge on any atom is -0.451 e. The summed E-state index contributed by atoms with van der Waals surface area (Å²) in [5.74, 6) is -1.15. The molecule has 4 rings (SSSR count). The fraction of sp³-hybridized carbons (Fsp3) is 0.208. The Morgan fingerprint density at radius 2 is 1.70 bits per heavy atom. The molecule has 0 unspecified atom stereocenters. The number of ketones is 2. The molecule has 0 amide bonds. The smallest absolute Gasteiger partial charge is 0.375 e. The summed E-state index contributed by atoms with van der Waals surface area (Å²) in [6.45, 7) is 6.22. The number of aryl methyl sites for hydroxylation is 2. The minimum atomic E-state index is -0.700. The van der Waals surface area contributed by atoms with E-state index in [0.29, 0.717) is 28.0 Å². The molecule has 0 aliphatic carbocycles. The largest absolute Gasteiger partial charge is 0.451 e. The van der Waals surface area contributed by atoms with E-state index in [1.807, 2.05) is 36.4 Å². The molecule has 0 saturated heterocycles. The molecule has 0 aliphatic rings. The average molecular weight is 403 g/mol. The fourth-order valence-corrected chi connectivity index (χ4v) is 3.97. The molecule has 6 heteroatoms. The van der Waals surface area contributed by atoms with Gasteiger partial charge in [0.25, 0.3) is 0 Å². The highest BCUT2D eigenvalue weighted by molar-refractivity contribution is 6.09. The molecule has 0 fully saturated rings. The van der Waals surface area contributed by atoms with Crippen molar-refractivity contribution in [3.05, 3.63) is 70.2 Å². The summed E-state index contributed by atoms with van der Waals surface area (Å²) in [5, 5.41) is 2.74. The van der Waals surface area contributed by atoms with Gasteiger partial charge >= 0.3 is 5.97 Å². The molecule has 0 aliphatic heterocycles. The molecular weight excluding hydrogens is 382 g/mol. The zero-order valence-electron chi connectivity index (χ0n) is 17.2. The number of benzene rings is 2. The number of Topliss-reactive ketones (excluding diaryl/α,β-unsaturated/α-hetero) is 2. The Morgan fingerprint density at radius 3 is 2.40 bits per heavy atom. The Labute approximate surface area is 172 Å².